The molecule has 2 rings (SSSR count). The van der Waals surface area contributed by atoms with Crippen molar-refractivity contribution in [3.05, 3.63) is 36.3 Å². The molecule has 0 bridgehead atoms. The normalized spacial score (nSPS) is 12.2. The highest BCUT2D eigenvalue weighted by molar-refractivity contribution is 5.39. The summed E-state index contributed by atoms with van der Waals surface area (Å²) in [6.45, 7) is 0.826. The minimum Gasteiger partial charge on any atom is -0.311 e. The van der Waals surface area contributed by atoms with Crippen LogP contribution >= 0.6 is 0 Å². The van der Waals surface area contributed by atoms with E-state index in [-0.39, 0.29) is 6.42 Å². The van der Waals surface area contributed by atoms with Gasteiger partial charge in [-0.2, -0.15) is 13.2 Å². The molecule has 0 aliphatic heterocycles. The van der Waals surface area contributed by atoms with Crippen LogP contribution in [0.3, 0.4) is 0 Å². The molecule has 0 fully saturated rings. The lowest BCUT2D eigenvalue weighted by atomic mass is 10.3. The van der Waals surface area contributed by atoms with Crippen LogP contribution in [0.15, 0.2) is 30.6 Å². The highest BCUT2D eigenvalue weighted by Crippen LogP contribution is 2.20. The van der Waals surface area contributed by atoms with Crippen LogP contribution in [0.2, 0.25) is 0 Å². The molecule has 0 aliphatic carbocycles. The molecule has 3 nitrogen and oxygen atoms in total. The van der Waals surface area contributed by atoms with Crippen molar-refractivity contribution in [2.75, 3.05) is 6.54 Å². The number of aromatic nitrogens is 2. The summed E-state index contributed by atoms with van der Waals surface area (Å²) in [7, 11) is 0. The van der Waals surface area contributed by atoms with E-state index in [1.165, 1.54) is 0 Å². The van der Waals surface area contributed by atoms with Gasteiger partial charge in [-0.25, -0.2) is 4.98 Å². The second kappa shape index (κ2) is 5.39. The van der Waals surface area contributed by atoms with Gasteiger partial charge in [0.25, 0.3) is 0 Å². The Bertz CT molecular complexity index is 471. The van der Waals surface area contributed by atoms with Crippen molar-refractivity contribution in [3.8, 4) is 0 Å². The molecule has 2 aromatic rings. The van der Waals surface area contributed by atoms with E-state index in [0.717, 1.165) is 11.3 Å². The molecule has 0 atom stereocenters. The van der Waals surface area contributed by atoms with E-state index in [1.807, 2.05) is 35.0 Å². The Morgan fingerprint density at radius 3 is 2.83 bits per heavy atom. The van der Waals surface area contributed by atoms with Gasteiger partial charge in [0, 0.05) is 25.4 Å². The molecule has 0 saturated carbocycles. The fourth-order valence-electron chi connectivity index (χ4n) is 1.70. The molecule has 2 aromatic heterocycles. The number of pyridine rings is 1. The van der Waals surface area contributed by atoms with Crippen molar-refractivity contribution in [2.45, 2.75) is 25.6 Å². The minimum atomic E-state index is -4.06. The summed E-state index contributed by atoms with van der Waals surface area (Å²) in [5.41, 5.74) is 1.66. The van der Waals surface area contributed by atoms with Crippen LogP contribution in [0, 0.1) is 0 Å². The zero-order valence-corrected chi connectivity index (χ0v) is 9.74. The van der Waals surface area contributed by atoms with Gasteiger partial charge in [-0.1, -0.05) is 6.07 Å². The van der Waals surface area contributed by atoms with Crippen LogP contribution in [0.1, 0.15) is 18.5 Å². The van der Waals surface area contributed by atoms with E-state index in [2.05, 4.69) is 10.3 Å². The molecule has 18 heavy (non-hydrogen) atoms. The SMILES string of the molecule is FC(F)(F)CCCNCc1cn2ccccc2n1. The predicted molar refractivity (Wildman–Crippen MR) is 62.2 cm³/mol. The summed E-state index contributed by atoms with van der Waals surface area (Å²) in [5.74, 6) is 0. The van der Waals surface area contributed by atoms with Crippen molar-refractivity contribution in [1.82, 2.24) is 14.7 Å². The second-order valence-corrected chi connectivity index (χ2v) is 4.09. The Morgan fingerprint density at radius 2 is 2.11 bits per heavy atom. The van der Waals surface area contributed by atoms with Crippen LogP contribution in [-0.4, -0.2) is 22.1 Å². The molecule has 0 amide bonds. The molecular weight excluding hydrogens is 243 g/mol. The van der Waals surface area contributed by atoms with E-state index in [1.54, 1.807) is 0 Å². The molecule has 0 aromatic carbocycles. The molecule has 0 radical (unpaired) electrons. The Labute approximate surface area is 103 Å². The largest absolute Gasteiger partial charge is 0.389 e. The van der Waals surface area contributed by atoms with Gasteiger partial charge in [0.2, 0.25) is 0 Å². The van der Waals surface area contributed by atoms with E-state index >= 15 is 0 Å². The highest BCUT2D eigenvalue weighted by Gasteiger charge is 2.25. The topological polar surface area (TPSA) is 29.3 Å². The number of halogens is 3. The van der Waals surface area contributed by atoms with Crippen molar-refractivity contribution < 1.29 is 13.2 Å². The monoisotopic (exact) mass is 257 g/mol. The average molecular weight is 257 g/mol. The van der Waals surface area contributed by atoms with Crippen molar-refractivity contribution in [3.63, 3.8) is 0 Å². The number of nitrogens with one attached hydrogen (secondary N) is 1. The van der Waals surface area contributed by atoms with Gasteiger partial charge in [0.05, 0.1) is 5.69 Å². The van der Waals surface area contributed by atoms with Gasteiger partial charge >= 0.3 is 6.18 Å². The molecule has 1 N–H and O–H groups in total. The maximum Gasteiger partial charge on any atom is 0.389 e. The Hall–Kier alpha value is -1.56. The molecule has 0 aliphatic rings. The van der Waals surface area contributed by atoms with Gasteiger partial charge in [-0.05, 0) is 25.1 Å². The Morgan fingerprint density at radius 1 is 1.28 bits per heavy atom. The first kappa shape index (κ1) is 12.9. The van der Waals surface area contributed by atoms with Crippen LogP contribution in [0.4, 0.5) is 13.2 Å². The third-order valence-electron chi connectivity index (χ3n) is 2.53. The Balaban J connectivity index is 1.77. The number of fused-ring (bicyclic) bond motifs is 1. The van der Waals surface area contributed by atoms with Gasteiger partial charge in [-0.15, -0.1) is 0 Å². The van der Waals surface area contributed by atoms with E-state index in [4.69, 9.17) is 0 Å². The lowest BCUT2D eigenvalue weighted by Crippen LogP contribution is -2.17. The molecule has 0 unspecified atom stereocenters. The third kappa shape index (κ3) is 3.73. The van der Waals surface area contributed by atoms with Gasteiger partial charge in [0.1, 0.15) is 5.65 Å². The molecular formula is C12H14F3N3. The quantitative estimate of drug-likeness (QED) is 0.834. The summed E-state index contributed by atoms with van der Waals surface area (Å²) in [6, 6.07) is 5.67. The maximum atomic E-state index is 11.9. The molecule has 0 spiro atoms. The van der Waals surface area contributed by atoms with Crippen molar-refractivity contribution >= 4 is 5.65 Å². The van der Waals surface area contributed by atoms with Crippen LogP contribution in [-0.2, 0) is 6.54 Å². The molecule has 98 valence electrons. The maximum absolute atomic E-state index is 11.9. The number of hydrogen-bond acceptors (Lipinski definition) is 2. The molecule has 6 heteroatoms. The number of rotatable bonds is 5. The fraction of sp³-hybridized carbons (Fsp3) is 0.417. The minimum absolute atomic E-state index is 0.0941. The van der Waals surface area contributed by atoms with Crippen LogP contribution < -0.4 is 5.32 Å². The average Bonchev–Trinajstić information content (AvgIpc) is 2.69. The zero-order valence-electron chi connectivity index (χ0n) is 9.74. The smallest absolute Gasteiger partial charge is 0.311 e. The lowest BCUT2D eigenvalue weighted by Gasteiger charge is -2.06. The number of hydrogen-bond donors (Lipinski definition) is 1. The first-order chi connectivity index (χ1) is 8.54. The lowest BCUT2D eigenvalue weighted by molar-refractivity contribution is -0.135. The van der Waals surface area contributed by atoms with Crippen molar-refractivity contribution in [2.24, 2.45) is 0 Å². The summed E-state index contributed by atoms with van der Waals surface area (Å²) in [4.78, 5) is 4.34. The summed E-state index contributed by atoms with van der Waals surface area (Å²) >= 11 is 0. The Kier molecular flexibility index (Phi) is 3.86. The number of alkyl halides is 3. The molecule has 0 saturated heterocycles. The first-order valence-corrected chi connectivity index (χ1v) is 5.75. The van der Waals surface area contributed by atoms with Crippen LogP contribution in [0.5, 0.6) is 0 Å². The summed E-state index contributed by atoms with van der Waals surface area (Å²) in [6.07, 6.45) is -0.964. The fourth-order valence-corrected chi connectivity index (χ4v) is 1.70. The van der Waals surface area contributed by atoms with E-state index in [0.29, 0.717) is 13.1 Å². The summed E-state index contributed by atoms with van der Waals surface area (Å²) in [5, 5.41) is 2.96. The van der Waals surface area contributed by atoms with Crippen molar-refractivity contribution in [1.29, 1.82) is 0 Å². The van der Waals surface area contributed by atoms with E-state index in [9.17, 15) is 13.2 Å². The highest BCUT2D eigenvalue weighted by atomic mass is 19.4. The number of nitrogens with zero attached hydrogens (tertiary/aromatic N) is 2. The summed E-state index contributed by atoms with van der Waals surface area (Å²) < 4.78 is 37.6. The van der Waals surface area contributed by atoms with Gasteiger partial charge < -0.3 is 9.72 Å². The van der Waals surface area contributed by atoms with E-state index < -0.39 is 12.6 Å². The predicted octanol–water partition coefficient (Wildman–Crippen LogP) is 2.77. The van der Waals surface area contributed by atoms with Gasteiger partial charge in [0.15, 0.2) is 0 Å². The van der Waals surface area contributed by atoms with Gasteiger partial charge in [-0.3, -0.25) is 0 Å². The first-order valence-electron chi connectivity index (χ1n) is 5.75. The molecule has 2 heterocycles. The third-order valence-corrected chi connectivity index (χ3v) is 2.53. The second-order valence-electron chi connectivity index (χ2n) is 4.09. The zero-order chi connectivity index (χ0) is 13.0. The van der Waals surface area contributed by atoms with Crippen LogP contribution in [0.25, 0.3) is 5.65 Å². The number of imidazole rings is 1. The standard InChI is InChI=1S/C12H14F3N3/c13-12(14,15)5-3-6-16-8-10-9-18-7-2-1-4-11(18)17-10/h1-2,4,7,9,16H,3,5-6,8H2.